The predicted octanol–water partition coefficient (Wildman–Crippen LogP) is 2.89. The van der Waals surface area contributed by atoms with Crippen LogP contribution in [0.3, 0.4) is 0 Å². The summed E-state index contributed by atoms with van der Waals surface area (Å²) in [6.45, 7) is 1.77. The molecule has 0 unspecified atom stereocenters. The molecule has 4 rings (SSSR count). The van der Waals surface area contributed by atoms with Crippen LogP contribution >= 0.6 is 0 Å². The highest BCUT2D eigenvalue weighted by atomic mass is 16.5. The van der Waals surface area contributed by atoms with Gasteiger partial charge in [0.05, 0.1) is 19.3 Å². The number of rotatable bonds is 9. The van der Waals surface area contributed by atoms with E-state index in [0.29, 0.717) is 23.0 Å². The molecule has 0 spiro atoms. The third-order valence-corrected chi connectivity index (χ3v) is 5.25. The number of nitrogens with one attached hydrogen (secondary N) is 1. The fourth-order valence-corrected chi connectivity index (χ4v) is 3.56. The lowest BCUT2D eigenvalue weighted by Gasteiger charge is -2.18. The Labute approximate surface area is 199 Å². The van der Waals surface area contributed by atoms with Crippen molar-refractivity contribution in [2.24, 2.45) is 0 Å². The number of aromatic nitrogens is 2. The monoisotopic (exact) mass is 481 g/mol. The smallest absolute Gasteiger partial charge is 0.238 e. The summed E-state index contributed by atoms with van der Waals surface area (Å²) in [5, 5.41) is 26.9. The Balaban J connectivity index is 1.50. The average molecular weight is 481 g/mol. The fraction of sp³-hybridized carbons (Fsp3) is 0.250. The largest absolute Gasteiger partial charge is 0.504 e. The Kier molecular flexibility index (Phi) is 6.86. The summed E-state index contributed by atoms with van der Waals surface area (Å²) in [5.74, 6) is -0.397. The molecule has 3 N–H and O–H groups in total. The lowest BCUT2D eigenvalue weighted by atomic mass is 9.91. The molecule has 4 aromatic rings. The van der Waals surface area contributed by atoms with Gasteiger partial charge in [-0.3, -0.25) is 9.59 Å². The van der Waals surface area contributed by atoms with E-state index in [0.717, 1.165) is 6.07 Å². The second kappa shape index (κ2) is 10.2. The van der Waals surface area contributed by atoms with Crippen LogP contribution in [0.5, 0.6) is 17.2 Å². The van der Waals surface area contributed by atoms with Gasteiger partial charge in [-0.25, -0.2) is 0 Å². The molecule has 0 saturated carbocycles. The average Bonchev–Trinajstić information content (AvgIpc) is 3.53. The molecule has 0 aliphatic rings. The van der Waals surface area contributed by atoms with Gasteiger partial charge in [-0.05, 0) is 36.8 Å². The maximum absolute atomic E-state index is 12.8. The van der Waals surface area contributed by atoms with E-state index in [4.69, 9.17) is 18.1 Å². The number of hydrogen-bond acceptors (Lipinski definition) is 10. The zero-order valence-corrected chi connectivity index (χ0v) is 19.0. The molecule has 1 amide bonds. The third-order valence-electron chi connectivity index (χ3n) is 5.25. The van der Waals surface area contributed by atoms with Gasteiger partial charge in [-0.1, -0.05) is 11.2 Å². The number of benzene rings is 1. The van der Waals surface area contributed by atoms with Crippen molar-refractivity contribution < 1.29 is 33.1 Å². The van der Waals surface area contributed by atoms with Gasteiger partial charge in [0.15, 0.2) is 23.0 Å². The molecule has 3 aromatic heterocycles. The summed E-state index contributed by atoms with van der Waals surface area (Å²) in [5.41, 5.74) is -0.123. The van der Waals surface area contributed by atoms with E-state index in [-0.39, 0.29) is 48.3 Å². The lowest BCUT2D eigenvalue weighted by molar-refractivity contribution is -0.121. The van der Waals surface area contributed by atoms with Crippen LogP contribution in [0.4, 0.5) is 0 Å². The normalized spacial score (nSPS) is 11.8. The molecule has 3 heterocycles. The summed E-state index contributed by atoms with van der Waals surface area (Å²) in [4.78, 5) is 29.2. The van der Waals surface area contributed by atoms with Crippen molar-refractivity contribution in [3.8, 4) is 28.8 Å². The summed E-state index contributed by atoms with van der Waals surface area (Å²) < 4.78 is 21.2. The first-order valence-corrected chi connectivity index (χ1v) is 10.7. The van der Waals surface area contributed by atoms with Crippen LogP contribution in [0, 0.1) is 6.92 Å². The molecule has 0 aliphatic heterocycles. The zero-order valence-electron chi connectivity index (χ0n) is 19.0. The van der Waals surface area contributed by atoms with Gasteiger partial charge in [-0.15, -0.1) is 0 Å². The van der Waals surface area contributed by atoms with E-state index in [1.54, 1.807) is 25.1 Å². The van der Waals surface area contributed by atoms with E-state index < -0.39 is 17.1 Å². The standard InChI is InChI=1S/C24H23N3O8/c1-13-10-17(29)22(31)23(34-13)15(14-5-6-16(28)19(11-14)32-2)12-20(30)25-8-7-21-26-24(27-35-21)18-4-3-9-33-18/h3-6,9-11,15,28,31H,7-8,12H2,1-2H3,(H,25,30)/t15-/m1/s1. The van der Waals surface area contributed by atoms with E-state index >= 15 is 0 Å². The molecule has 0 saturated heterocycles. The van der Waals surface area contributed by atoms with E-state index in [1.807, 2.05) is 0 Å². The zero-order chi connectivity index (χ0) is 24.9. The number of aryl methyl sites for hydroxylation is 1. The number of phenols is 1. The number of carbonyl (C=O) groups excluding carboxylic acids is 1. The van der Waals surface area contributed by atoms with Crippen LogP contribution in [-0.2, 0) is 11.2 Å². The molecule has 1 atom stereocenters. The molecular formula is C24H23N3O8. The molecular weight excluding hydrogens is 458 g/mol. The van der Waals surface area contributed by atoms with E-state index in [9.17, 15) is 19.8 Å². The molecule has 35 heavy (non-hydrogen) atoms. The Bertz CT molecular complexity index is 1370. The molecule has 0 radical (unpaired) electrons. The molecule has 1 aromatic carbocycles. The predicted molar refractivity (Wildman–Crippen MR) is 121 cm³/mol. The SMILES string of the molecule is COc1cc([C@@H](CC(=O)NCCc2nc(-c3ccco3)no2)c2oc(C)cc(=O)c2O)ccc1O. The summed E-state index contributed by atoms with van der Waals surface area (Å²) >= 11 is 0. The number of hydrogen-bond donors (Lipinski definition) is 3. The highest BCUT2D eigenvalue weighted by Gasteiger charge is 2.26. The van der Waals surface area contributed by atoms with Gasteiger partial charge in [0.1, 0.15) is 5.76 Å². The quantitative estimate of drug-likeness (QED) is 0.324. The number of phenolic OH excluding ortho intramolecular Hbond substituents is 1. The van der Waals surface area contributed by atoms with Crippen LogP contribution in [-0.4, -0.2) is 39.9 Å². The summed E-state index contributed by atoms with van der Waals surface area (Å²) in [6, 6.07) is 9.05. The van der Waals surface area contributed by atoms with Gasteiger partial charge >= 0.3 is 0 Å². The van der Waals surface area contributed by atoms with Crippen molar-refractivity contribution in [2.75, 3.05) is 13.7 Å². The molecule has 0 fully saturated rings. The minimum Gasteiger partial charge on any atom is -0.504 e. The van der Waals surface area contributed by atoms with Crippen LogP contribution in [0.25, 0.3) is 11.6 Å². The molecule has 182 valence electrons. The Morgan fingerprint density at radius 3 is 2.80 bits per heavy atom. The van der Waals surface area contributed by atoms with Crippen molar-refractivity contribution in [2.45, 2.75) is 25.7 Å². The number of carbonyl (C=O) groups is 1. The van der Waals surface area contributed by atoms with Crippen molar-refractivity contribution in [3.05, 3.63) is 75.9 Å². The first kappa shape index (κ1) is 23.6. The van der Waals surface area contributed by atoms with Crippen molar-refractivity contribution in [3.63, 3.8) is 0 Å². The van der Waals surface area contributed by atoms with E-state index in [1.165, 1.54) is 25.5 Å². The molecule has 11 heteroatoms. The van der Waals surface area contributed by atoms with Crippen molar-refractivity contribution in [1.29, 1.82) is 0 Å². The third kappa shape index (κ3) is 5.35. The number of ether oxygens (including phenoxy) is 1. The van der Waals surface area contributed by atoms with Crippen molar-refractivity contribution >= 4 is 5.91 Å². The fourth-order valence-electron chi connectivity index (χ4n) is 3.56. The highest BCUT2D eigenvalue weighted by Crippen LogP contribution is 2.37. The Morgan fingerprint density at radius 2 is 2.06 bits per heavy atom. The van der Waals surface area contributed by atoms with Gasteiger partial charge in [-0.2, -0.15) is 4.98 Å². The van der Waals surface area contributed by atoms with Crippen LogP contribution < -0.4 is 15.5 Å². The molecule has 0 bridgehead atoms. The molecule has 0 aliphatic carbocycles. The Morgan fingerprint density at radius 1 is 1.23 bits per heavy atom. The summed E-state index contributed by atoms with van der Waals surface area (Å²) in [7, 11) is 1.39. The lowest BCUT2D eigenvalue weighted by Crippen LogP contribution is -2.27. The van der Waals surface area contributed by atoms with Crippen LogP contribution in [0.1, 0.15) is 35.3 Å². The van der Waals surface area contributed by atoms with Gasteiger partial charge in [0.25, 0.3) is 0 Å². The number of amides is 1. The van der Waals surface area contributed by atoms with Gasteiger partial charge in [0.2, 0.25) is 28.8 Å². The second-order valence-electron chi connectivity index (χ2n) is 7.71. The first-order chi connectivity index (χ1) is 16.9. The minimum absolute atomic E-state index is 0.0575. The van der Waals surface area contributed by atoms with Crippen LogP contribution in [0.15, 0.2) is 60.8 Å². The number of furan rings is 1. The number of aromatic hydroxyl groups is 2. The first-order valence-electron chi connectivity index (χ1n) is 10.7. The van der Waals surface area contributed by atoms with Crippen molar-refractivity contribution in [1.82, 2.24) is 15.5 Å². The number of methoxy groups -OCH3 is 1. The molecule has 11 nitrogen and oxygen atoms in total. The topological polar surface area (TPSA) is 161 Å². The maximum Gasteiger partial charge on any atom is 0.238 e. The Hall–Kier alpha value is -4.54. The number of nitrogens with zero attached hydrogens (tertiary/aromatic N) is 2. The summed E-state index contributed by atoms with van der Waals surface area (Å²) in [6.07, 6.45) is 1.62. The minimum atomic E-state index is -0.828. The van der Waals surface area contributed by atoms with Gasteiger partial charge in [0, 0.05) is 25.5 Å². The van der Waals surface area contributed by atoms with Gasteiger partial charge < -0.3 is 33.6 Å². The van der Waals surface area contributed by atoms with E-state index in [2.05, 4.69) is 15.5 Å². The maximum atomic E-state index is 12.8. The van der Waals surface area contributed by atoms with Crippen LogP contribution in [0.2, 0.25) is 0 Å². The second-order valence-corrected chi connectivity index (χ2v) is 7.71. The highest BCUT2D eigenvalue weighted by molar-refractivity contribution is 5.77.